The van der Waals surface area contributed by atoms with E-state index >= 15 is 0 Å². The maximum absolute atomic E-state index is 11.1. The molecule has 0 unspecified atom stereocenters. The van der Waals surface area contributed by atoms with Gasteiger partial charge in [0.25, 0.3) is 0 Å². The molecule has 0 aliphatic heterocycles. The largest absolute Gasteiger partial charge is 0.305 e. The van der Waals surface area contributed by atoms with E-state index in [1.165, 1.54) is 28.9 Å². The van der Waals surface area contributed by atoms with Gasteiger partial charge in [-0.1, -0.05) is 30.3 Å². The quantitative estimate of drug-likeness (QED) is 0.525. The maximum atomic E-state index is 11.1. The summed E-state index contributed by atoms with van der Waals surface area (Å²) in [5.74, 6) is 0. The fourth-order valence-corrected chi connectivity index (χ4v) is 2.97. The number of hydrogen-bond acceptors (Lipinski definition) is 5. The fraction of sp³-hybridized carbons (Fsp3) is 0.0667. The van der Waals surface area contributed by atoms with Gasteiger partial charge in [-0.15, -0.1) is 11.3 Å². The van der Waals surface area contributed by atoms with Gasteiger partial charge in [0.1, 0.15) is 0 Å². The van der Waals surface area contributed by atoms with Crippen molar-refractivity contribution in [3.63, 3.8) is 0 Å². The summed E-state index contributed by atoms with van der Waals surface area (Å²) >= 11 is 1.27. The van der Waals surface area contributed by atoms with Gasteiger partial charge >= 0.3 is 5.69 Å². The zero-order valence-electron chi connectivity index (χ0n) is 11.2. The van der Waals surface area contributed by atoms with Crippen molar-refractivity contribution in [1.82, 2.24) is 0 Å². The molecule has 0 spiro atoms. The lowest BCUT2D eigenvalue weighted by Gasteiger charge is -2.20. The topological polar surface area (TPSA) is 55.6 Å². The molecule has 5 nitrogen and oxygen atoms in total. The van der Waals surface area contributed by atoms with Gasteiger partial charge in [0.05, 0.1) is 23.1 Å². The van der Waals surface area contributed by atoms with E-state index in [2.05, 4.69) is 0 Å². The van der Waals surface area contributed by atoms with Crippen LogP contribution in [0.25, 0.3) is 10.8 Å². The number of anilines is 2. The number of hydrogen-bond donors (Lipinski definition) is 0. The third kappa shape index (κ3) is 2.46. The summed E-state index contributed by atoms with van der Waals surface area (Å²) in [5, 5.41) is 17.9. The average molecular weight is 300 g/mol. The Morgan fingerprint density at radius 3 is 2.62 bits per heavy atom. The zero-order chi connectivity index (χ0) is 14.8. The van der Waals surface area contributed by atoms with Crippen molar-refractivity contribution in [2.24, 2.45) is 0 Å². The van der Waals surface area contributed by atoms with Crippen LogP contribution in [0.5, 0.6) is 0 Å². The smallest absolute Gasteiger partial charge is 0.272 e. The Hall–Kier alpha value is -2.44. The average Bonchev–Trinajstić information content (AvgIpc) is 2.97. The standard InChI is InChI=1S/C15H12N2O3S/c1-20-16(14-9-21-10-15(14)17(18)19)13-7-6-11-4-2-3-5-12(11)8-13/h2-10H,1H3. The summed E-state index contributed by atoms with van der Waals surface area (Å²) in [7, 11) is 1.50. The Morgan fingerprint density at radius 1 is 1.14 bits per heavy atom. The first-order chi connectivity index (χ1) is 10.2. The molecule has 0 aliphatic carbocycles. The minimum Gasteiger partial charge on any atom is -0.272 e. The summed E-state index contributed by atoms with van der Waals surface area (Å²) < 4.78 is 0. The number of nitrogens with zero attached hydrogens (tertiary/aromatic N) is 2. The van der Waals surface area contributed by atoms with Crippen molar-refractivity contribution in [2.45, 2.75) is 0 Å². The molecule has 0 bridgehead atoms. The van der Waals surface area contributed by atoms with Crippen molar-refractivity contribution in [3.05, 3.63) is 63.3 Å². The molecule has 1 heterocycles. The van der Waals surface area contributed by atoms with E-state index in [0.29, 0.717) is 5.69 Å². The Labute approximate surface area is 125 Å². The van der Waals surface area contributed by atoms with Crippen LogP contribution in [0, 0.1) is 10.1 Å². The van der Waals surface area contributed by atoms with Gasteiger partial charge in [-0.05, 0) is 22.9 Å². The van der Waals surface area contributed by atoms with Crippen molar-refractivity contribution in [3.8, 4) is 0 Å². The van der Waals surface area contributed by atoms with Gasteiger partial charge in [-0.25, -0.2) is 5.06 Å². The maximum Gasteiger partial charge on any atom is 0.305 e. The molecule has 0 fully saturated rings. The van der Waals surface area contributed by atoms with Gasteiger partial charge in [-0.2, -0.15) is 0 Å². The molecule has 3 aromatic rings. The monoisotopic (exact) mass is 300 g/mol. The molecule has 3 rings (SSSR count). The molecule has 106 valence electrons. The summed E-state index contributed by atoms with van der Waals surface area (Å²) in [6.45, 7) is 0. The highest BCUT2D eigenvalue weighted by molar-refractivity contribution is 7.08. The summed E-state index contributed by atoms with van der Waals surface area (Å²) in [6, 6.07) is 13.7. The van der Waals surface area contributed by atoms with Crippen LogP contribution in [0.2, 0.25) is 0 Å². The second-order valence-corrected chi connectivity index (χ2v) is 5.15. The van der Waals surface area contributed by atoms with E-state index in [9.17, 15) is 10.1 Å². The predicted octanol–water partition coefficient (Wildman–Crippen LogP) is 4.51. The predicted molar refractivity (Wildman–Crippen MR) is 84.1 cm³/mol. The van der Waals surface area contributed by atoms with E-state index in [4.69, 9.17) is 4.84 Å². The molecule has 0 saturated heterocycles. The van der Waals surface area contributed by atoms with Gasteiger partial charge in [-0.3, -0.25) is 15.0 Å². The van der Waals surface area contributed by atoms with Crippen LogP contribution in [-0.2, 0) is 4.84 Å². The van der Waals surface area contributed by atoms with Crippen LogP contribution in [0.1, 0.15) is 0 Å². The van der Waals surface area contributed by atoms with Crippen LogP contribution < -0.4 is 5.06 Å². The molecule has 0 N–H and O–H groups in total. The van der Waals surface area contributed by atoms with Crippen molar-refractivity contribution in [2.75, 3.05) is 12.2 Å². The normalized spacial score (nSPS) is 10.7. The van der Waals surface area contributed by atoms with E-state index in [1.807, 2.05) is 42.5 Å². The summed E-state index contributed by atoms with van der Waals surface area (Å²) in [4.78, 5) is 16.0. The minimum atomic E-state index is -0.404. The van der Waals surface area contributed by atoms with Gasteiger partial charge in [0.15, 0.2) is 5.69 Å². The molecule has 0 aliphatic rings. The summed E-state index contributed by atoms with van der Waals surface area (Å²) in [6.07, 6.45) is 0. The second-order valence-electron chi connectivity index (χ2n) is 4.41. The number of nitro groups is 1. The molecule has 2 aromatic carbocycles. The highest BCUT2D eigenvalue weighted by atomic mass is 32.1. The zero-order valence-corrected chi connectivity index (χ0v) is 12.0. The lowest BCUT2D eigenvalue weighted by molar-refractivity contribution is -0.383. The van der Waals surface area contributed by atoms with Crippen LogP contribution >= 0.6 is 11.3 Å². The Bertz CT molecular complexity index is 800. The van der Waals surface area contributed by atoms with Crippen LogP contribution in [0.4, 0.5) is 17.1 Å². The first-order valence-corrected chi connectivity index (χ1v) is 7.18. The van der Waals surface area contributed by atoms with E-state index in [-0.39, 0.29) is 5.69 Å². The Morgan fingerprint density at radius 2 is 1.90 bits per heavy atom. The molecule has 0 radical (unpaired) electrons. The summed E-state index contributed by atoms with van der Waals surface area (Å²) in [5.41, 5.74) is 1.22. The van der Waals surface area contributed by atoms with Crippen molar-refractivity contribution < 1.29 is 9.76 Å². The van der Waals surface area contributed by atoms with E-state index < -0.39 is 4.92 Å². The van der Waals surface area contributed by atoms with E-state index in [0.717, 1.165) is 16.5 Å². The third-order valence-corrected chi connectivity index (χ3v) is 3.91. The fourth-order valence-electron chi connectivity index (χ4n) is 2.22. The molecule has 6 heteroatoms. The molecular formula is C15H12N2O3S. The molecule has 0 saturated carbocycles. The molecular weight excluding hydrogens is 288 g/mol. The third-order valence-electron chi connectivity index (χ3n) is 3.19. The van der Waals surface area contributed by atoms with Crippen molar-refractivity contribution in [1.29, 1.82) is 0 Å². The van der Waals surface area contributed by atoms with Gasteiger partial charge in [0, 0.05) is 5.38 Å². The molecule has 21 heavy (non-hydrogen) atoms. The number of fused-ring (bicyclic) bond motifs is 1. The Kier molecular flexibility index (Phi) is 3.55. The van der Waals surface area contributed by atoms with E-state index in [1.54, 1.807) is 5.38 Å². The molecule has 0 atom stereocenters. The minimum absolute atomic E-state index is 0.0370. The van der Waals surface area contributed by atoms with Crippen LogP contribution in [0.15, 0.2) is 53.2 Å². The first kappa shape index (κ1) is 13.5. The van der Waals surface area contributed by atoms with Crippen molar-refractivity contribution >= 4 is 39.2 Å². The number of benzene rings is 2. The van der Waals surface area contributed by atoms with Gasteiger partial charge < -0.3 is 0 Å². The second kappa shape index (κ2) is 5.51. The first-order valence-electron chi connectivity index (χ1n) is 6.24. The highest BCUT2D eigenvalue weighted by Crippen LogP contribution is 2.37. The van der Waals surface area contributed by atoms with Crippen LogP contribution in [0.3, 0.4) is 0 Å². The lowest BCUT2D eigenvalue weighted by atomic mass is 10.1. The lowest BCUT2D eigenvalue weighted by Crippen LogP contribution is -2.15. The molecule has 0 amide bonds. The Balaban J connectivity index is 2.09. The number of rotatable bonds is 4. The number of thiophene rings is 1. The van der Waals surface area contributed by atoms with Crippen LogP contribution in [-0.4, -0.2) is 12.0 Å². The molecule has 1 aromatic heterocycles. The SMILES string of the molecule is CON(c1ccc2ccccc2c1)c1cscc1[N+](=O)[O-]. The van der Waals surface area contributed by atoms with Gasteiger partial charge in [0.2, 0.25) is 0 Å². The highest BCUT2D eigenvalue weighted by Gasteiger charge is 2.22.